The van der Waals surface area contributed by atoms with Crippen LogP contribution in [0.4, 0.5) is 0 Å². The van der Waals surface area contributed by atoms with Crippen molar-refractivity contribution in [3.8, 4) is 0 Å². The normalized spacial score (nSPS) is 19.4. The van der Waals surface area contributed by atoms with E-state index in [4.69, 9.17) is 4.74 Å². The number of ether oxygens (including phenoxy) is 1. The van der Waals surface area contributed by atoms with E-state index >= 15 is 0 Å². The van der Waals surface area contributed by atoms with E-state index in [9.17, 15) is 4.79 Å². The topological polar surface area (TPSA) is 41.6 Å². The van der Waals surface area contributed by atoms with Crippen molar-refractivity contribution in [2.75, 3.05) is 27.7 Å². The lowest BCUT2D eigenvalue weighted by atomic mass is 9.75. The standard InChI is InChI=1S/C12H24N2O2/c1-11(2,16-5)10(15)13-9-12(14(3)4)7-6-8-12/h6-9H2,1-5H3,(H,13,15). The third kappa shape index (κ3) is 2.55. The Kier molecular flexibility index (Phi) is 3.97. The number of amides is 1. The van der Waals surface area contributed by atoms with E-state index in [1.165, 1.54) is 6.42 Å². The minimum absolute atomic E-state index is 0.0388. The van der Waals surface area contributed by atoms with Gasteiger partial charge in [0.05, 0.1) is 0 Å². The molecule has 4 nitrogen and oxygen atoms in total. The van der Waals surface area contributed by atoms with Gasteiger partial charge in [0.15, 0.2) is 0 Å². The van der Waals surface area contributed by atoms with Crippen molar-refractivity contribution >= 4 is 5.91 Å². The van der Waals surface area contributed by atoms with Crippen molar-refractivity contribution in [2.24, 2.45) is 0 Å². The molecule has 0 heterocycles. The summed E-state index contributed by atoms with van der Waals surface area (Å²) in [7, 11) is 5.71. The summed E-state index contributed by atoms with van der Waals surface area (Å²) in [5, 5.41) is 2.99. The molecule has 1 aliphatic carbocycles. The SMILES string of the molecule is COC(C)(C)C(=O)NCC1(N(C)C)CCC1. The Morgan fingerprint density at radius 1 is 1.44 bits per heavy atom. The van der Waals surface area contributed by atoms with Gasteiger partial charge in [-0.2, -0.15) is 0 Å². The summed E-state index contributed by atoms with van der Waals surface area (Å²) in [6, 6.07) is 0. The minimum atomic E-state index is -0.739. The van der Waals surface area contributed by atoms with Crippen LogP contribution >= 0.6 is 0 Å². The van der Waals surface area contributed by atoms with Gasteiger partial charge >= 0.3 is 0 Å². The zero-order chi connectivity index (χ0) is 12.4. The second kappa shape index (κ2) is 4.72. The predicted molar refractivity (Wildman–Crippen MR) is 64.4 cm³/mol. The Hall–Kier alpha value is -0.610. The Morgan fingerprint density at radius 2 is 2.00 bits per heavy atom. The van der Waals surface area contributed by atoms with Crippen LogP contribution in [-0.4, -0.2) is 49.7 Å². The predicted octanol–water partition coefficient (Wildman–Crippen LogP) is 1.01. The molecular weight excluding hydrogens is 204 g/mol. The van der Waals surface area contributed by atoms with Crippen molar-refractivity contribution in [1.29, 1.82) is 0 Å². The number of carbonyl (C=O) groups is 1. The van der Waals surface area contributed by atoms with Crippen LogP contribution in [0.25, 0.3) is 0 Å². The smallest absolute Gasteiger partial charge is 0.251 e. The van der Waals surface area contributed by atoms with E-state index in [1.54, 1.807) is 21.0 Å². The number of nitrogens with zero attached hydrogens (tertiary/aromatic N) is 1. The molecule has 1 N–H and O–H groups in total. The fraction of sp³-hybridized carbons (Fsp3) is 0.917. The van der Waals surface area contributed by atoms with Gasteiger partial charge in [-0.3, -0.25) is 4.79 Å². The van der Waals surface area contributed by atoms with Crippen LogP contribution < -0.4 is 5.32 Å². The second-order valence-corrected chi connectivity index (χ2v) is 5.37. The summed E-state index contributed by atoms with van der Waals surface area (Å²) in [5.74, 6) is -0.0388. The van der Waals surface area contributed by atoms with E-state index in [1.807, 2.05) is 0 Å². The largest absolute Gasteiger partial charge is 0.369 e. The van der Waals surface area contributed by atoms with E-state index in [-0.39, 0.29) is 11.4 Å². The zero-order valence-corrected chi connectivity index (χ0v) is 11.1. The summed E-state index contributed by atoms with van der Waals surface area (Å²) < 4.78 is 5.15. The van der Waals surface area contributed by atoms with Gasteiger partial charge in [-0.05, 0) is 47.2 Å². The molecule has 0 atom stereocenters. The van der Waals surface area contributed by atoms with E-state index in [2.05, 4.69) is 24.3 Å². The molecular formula is C12H24N2O2. The van der Waals surface area contributed by atoms with Crippen LogP contribution in [0.3, 0.4) is 0 Å². The van der Waals surface area contributed by atoms with Crippen LogP contribution in [0.5, 0.6) is 0 Å². The van der Waals surface area contributed by atoms with Crippen LogP contribution in [0.15, 0.2) is 0 Å². The second-order valence-electron chi connectivity index (χ2n) is 5.37. The zero-order valence-electron chi connectivity index (χ0n) is 11.1. The molecule has 1 saturated carbocycles. The summed E-state index contributed by atoms with van der Waals surface area (Å²) in [4.78, 5) is 14.1. The molecule has 1 aliphatic rings. The quantitative estimate of drug-likeness (QED) is 0.763. The van der Waals surface area contributed by atoms with Gasteiger partial charge in [0, 0.05) is 19.2 Å². The summed E-state index contributed by atoms with van der Waals surface area (Å²) in [6.07, 6.45) is 3.57. The first-order valence-corrected chi connectivity index (χ1v) is 5.85. The van der Waals surface area contributed by atoms with Crippen molar-refractivity contribution in [1.82, 2.24) is 10.2 Å². The Labute approximate surface area is 98.3 Å². The van der Waals surface area contributed by atoms with Gasteiger partial charge in [-0.25, -0.2) is 0 Å². The maximum Gasteiger partial charge on any atom is 0.251 e. The number of rotatable bonds is 5. The van der Waals surface area contributed by atoms with Crippen molar-refractivity contribution in [3.63, 3.8) is 0 Å². The highest BCUT2D eigenvalue weighted by atomic mass is 16.5. The van der Waals surface area contributed by atoms with Crippen LogP contribution in [0.2, 0.25) is 0 Å². The highest BCUT2D eigenvalue weighted by molar-refractivity contribution is 5.84. The van der Waals surface area contributed by atoms with E-state index < -0.39 is 5.60 Å². The van der Waals surface area contributed by atoms with Crippen LogP contribution in [0.1, 0.15) is 33.1 Å². The van der Waals surface area contributed by atoms with Gasteiger partial charge in [0.1, 0.15) is 5.60 Å². The average Bonchev–Trinajstić information content (AvgIpc) is 2.15. The fourth-order valence-electron chi connectivity index (χ4n) is 1.92. The molecule has 1 fully saturated rings. The Bertz CT molecular complexity index is 258. The Balaban J connectivity index is 2.48. The molecule has 0 aliphatic heterocycles. The molecule has 16 heavy (non-hydrogen) atoms. The molecule has 0 spiro atoms. The minimum Gasteiger partial charge on any atom is -0.369 e. The van der Waals surface area contributed by atoms with Crippen LogP contribution in [0, 0.1) is 0 Å². The van der Waals surface area contributed by atoms with Crippen LogP contribution in [-0.2, 0) is 9.53 Å². The van der Waals surface area contributed by atoms with E-state index in [0.717, 1.165) is 12.8 Å². The third-order valence-corrected chi connectivity index (χ3v) is 3.87. The number of hydrogen-bond acceptors (Lipinski definition) is 3. The number of methoxy groups -OCH3 is 1. The molecule has 0 bridgehead atoms. The first kappa shape index (κ1) is 13.5. The van der Waals surface area contributed by atoms with Gasteiger partial charge < -0.3 is 15.0 Å². The van der Waals surface area contributed by atoms with Gasteiger partial charge in [-0.15, -0.1) is 0 Å². The number of likely N-dealkylation sites (N-methyl/N-ethyl adjacent to an activating group) is 1. The van der Waals surface area contributed by atoms with E-state index in [0.29, 0.717) is 6.54 Å². The highest BCUT2D eigenvalue weighted by Gasteiger charge is 2.40. The van der Waals surface area contributed by atoms with Gasteiger partial charge in [0.25, 0.3) is 5.91 Å². The molecule has 0 aromatic rings. The fourth-order valence-corrected chi connectivity index (χ4v) is 1.92. The van der Waals surface area contributed by atoms with Crippen molar-refractivity contribution in [3.05, 3.63) is 0 Å². The maximum atomic E-state index is 11.9. The molecule has 4 heteroatoms. The average molecular weight is 228 g/mol. The monoisotopic (exact) mass is 228 g/mol. The molecule has 0 aromatic carbocycles. The lowest BCUT2D eigenvalue weighted by Gasteiger charge is -2.47. The maximum absolute atomic E-state index is 11.9. The molecule has 0 saturated heterocycles. The molecule has 0 radical (unpaired) electrons. The lowest BCUT2D eigenvalue weighted by Crippen LogP contribution is -2.59. The van der Waals surface area contributed by atoms with Gasteiger partial charge in [-0.1, -0.05) is 0 Å². The highest BCUT2D eigenvalue weighted by Crippen LogP contribution is 2.35. The first-order chi connectivity index (χ1) is 7.34. The number of carbonyl (C=O) groups excluding carboxylic acids is 1. The molecule has 0 aromatic heterocycles. The summed E-state index contributed by atoms with van der Waals surface area (Å²) in [5.41, 5.74) is -0.573. The van der Waals surface area contributed by atoms with Gasteiger partial charge in [0.2, 0.25) is 0 Å². The molecule has 94 valence electrons. The van der Waals surface area contributed by atoms with Crippen molar-refractivity contribution in [2.45, 2.75) is 44.2 Å². The summed E-state index contributed by atoms with van der Waals surface area (Å²) in [6.45, 7) is 4.28. The number of hydrogen-bond donors (Lipinski definition) is 1. The molecule has 0 unspecified atom stereocenters. The third-order valence-electron chi connectivity index (χ3n) is 3.87. The Morgan fingerprint density at radius 3 is 2.31 bits per heavy atom. The summed E-state index contributed by atoms with van der Waals surface area (Å²) >= 11 is 0. The molecule has 1 amide bonds. The number of nitrogens with one attached hydrogen (secondary N) is 1. The lowest BCUT2D eigenvalue weighted by molar-refractivity contribution is -0.140. The molecule has 1 rings (SSSR count). The van der Waals surface area contributed by atoms with Crippen molar-refractivity contribution < 1.29 is 9.53 Å². The first-order valence-electron chi connectivity index (χ1n) is 5.85.